The predicted octanol–water partition coefficient (Wildman–Crippen LogP) is 2.84. The van der Waals surface area contributed by atoms with Crippen molar-refractivity contribution in [2.45, 2.75) is 32.0 Å². The van der Waals surface area contributed by atoms with Gasteiger partial charge in [0, 0.05) is 29.4 Å². The Morgan fingerprint density at radius 2 is 2.17 bits per heavy atom. The van der Waals surface area contributed by atoms with Crippen LogP contribution in [0.1, 0.15) is 24.0 Å². The minimum Gasteiger partial charge on any atom is -0.310 e. The van der Waals surface area contributed by atoms with Crippen LogP contribution in [0.15, 0.2) is 36.7 Å². The van der Waals surface area contributed by atoms with Crippen molar-refractivity contribution in [3.05, 3.63) is 52.8 Å². The number of hydrogen-bond donors (Lipinski definition) is 1. The van der Waals surface area contributed by atoms with Crippen LogP contribution in [0.4, 0.5) is 0 Å². The molecular weight excluding hydrogens is 246 g/mol. The topological polar surface area (TPSA) is 29.9 Å². The van der Waals surface area contributed by atoms with Crippen LogP contribution in [0.2, 0.25) is 5.02 Å². The van der Waals surface area contributed by atoms with Crippen LogP contribution in [0.25, 0.3) is 0 Å². The van der Waals surface area contributed by atoms with Crippen molar-refractivity contribution in [2.24, 2.45) is 0 Å². The van der Waals surface area contributed by atoms with Crippen LogP contribution < -0.4 is 5.32 Å². The third kappa shape index (κ3) is 2.92. The Balaban J connectivity index is 1.63. The molecule has 1 heterocycles. The van der Waals surface area contributed by atoms with E-state index in [0.29, 0.717) is 0 Å². The van der Waals surface area contributed by atoms with Crippen LogP contribution in [-0.4, -0.2) is 15.8 Å². The van der Waals surface area contributed by atoms with Gasteiger partial charge < -0.3 is 5.32 Å². The molecule has 0 amide bonds. The van der Waals surface area contributed by atoms with Crippen molar-refractivity contribution in [2.75, 3.05) is 0 Å². The normalized spacial score (nSPS) is 14.9. The molecule has 0 aliphatic heterocycles. The van der Waals surface area contributed by atoms with Gasteiger partial charge in [-0.15, -0.1) is 0 Å². The molecule has 1 aromatic heterocycles. The average Bonchev–Trinajstić information content (AvgIpc) is 3.10. The molecule has 4 heteroatoms. The number of nitrogens with zero attached hydrogens (tertiary/aromatic N) is 2. The van der Waals surface area contributed by atoms with Gasteiger partial charge in [-0.2, -0.15) is 5.10 Å². The summed E-state index contributed by atoms with van der Waals surface area (Å²) in [7, 11) is 0. The fraction of sp³-hybridized carbons (Fsp3) is 0.357. The monoisotopic (exact) mass is 261 g/mol. The summed E-state index contributed by atoms with van der Waals surface area (Å²) in [5, 5.41) is 8.65. The van der Waals surface area contributed by atoms with Gasteiger partial charge in [0.25, 0.3) is 0 Å². The SMILES string of the molecule is Clc1ccccc1Cn1cc(CNC2CC2)cn1. The molecular formula is C14H16ClN3. The maximum Gasteiger partial charge on any atom is 0.0674 e. The van der Waals surface area contributed by atoms with Crippen LogP contribution in [0, 0.1) is 0 Å². The van der Waals surface area contributed by atoms with Gasteiger partial charge in [-0.3, -0.25) is 4.68 Å². The molecule has 0 unspecified atom stereocenters. The van der Waals surface area contributed by atoms with E-state index in [1.807, 2.05) is 35.1 Å². The van der Waals surface area contributed by atoms with E-state index in [1.54, 1.807) is 0 Å². The largest absolute Gasteiger partial charge is 0.310 e. The zero-order chi connectivity index (χ0) is 12.4. The molecule has 0 bridgehead atoms. The molecule has 1 N–H and O–H groups in total. The molecule has 0 spiro atoms. The van der Waals surface area contributed by atoms with E-state index >= 15 is 0 Å². The van der Waals surface area contributed by atoms with E-state index < -0.39 is 0 Å². The average molecular weight is 262 g/mol. The number of benzene rings is 1. The van der Waals surface area contributed by atoms with E-state index in [-0.39, 0.29) is 0 Å². The molecule has 18 heavy (non-hydrogen) atoms. The molecule has 0 radical (unpaired) electrons. The van der Waals surface area contributed by atoms with Gasteiger partial charge in [0.05, 0.1) is 12.7 Å². The Morgan fingerprint density at radius 1 is 1.33 bits per heavy atom. The lowest BCUT2D eigenvalue weighted by atomic mass is 10.2. The van der Waals surface area contributed by atoms with Gasteiger partial charge in [-0.25, -0.2) is 0 Å². The quantitative estimate of drug-likeness (QED) is 0.897. The van der Waals surface area contributed by atoms with Crippen LogP contribution in [0.5, 0.6) is 0 Å². The van der Waals surface area contributed by atoms with Gasteiger partial charge >= 0.3 is 0 Å². The lowest BCUT2D eigenvalue weighted by Gasteiger charge is -2.03. The van der Waals surface area contributed by atoms with E-state index in [1.165, 1.54) is 18.4 Å². The van der Waals surface area contributed by atoms with Crippen molar-refractivity contribution in [1.82, 2.24) is 15.1 Å². The maximum absolute atomic E-state index is 6.14. The molecule has 3 nitrogen and oxygen atoms in total. The lowest BCUT2D eigenvalue weighted by molar-refractivity contribution is 0.675. The summed E-state index contributed by atoms with van der Waals surface area (Å²) in [4.78, 5) is 0. The molecule has 1 fully saturated rings. The molecule has 1 saturated carbocycles. The zero-order valence-electron chi connectivity index (χ0n) is 10.1. The number of rotatable bonds is 5. The first-order chi connectivity index (χ1) is 8.81. The summed E-state index contributed by atoms with van der Waals surface area (Å²) in [6.07, 6.45) is 6.63. The summed E-state index contributed by atoms with van der Waals surface area (Å²) in [6.45, 7) is 1.64. The summed E-state index contributed by atoms with van der Waals surface area (Å²) >= 11 is 6.14. The minimum absolute atomic E-state index is 0.725. The van der Waals surface area contributed by atoms with E-state index in [2.05, 4.69) is 16.6 Å². The molecule has 1 aliphatic carbocycles. The fourth-order valence-electron chi connectivity index (χ4n) is 1.93. The molecule has 3 rings (SSSR count). The first kappa shape index (κ1) is 11.8. The second-order valence-electron chi connectivity index (χ2n) is 4.79. The van der Waals surface area contributed by atoms with Gasteiger partial charge in [0.2, 0.25) is 0 Å². The highest BCUT2D eigenvalue weighted by atomic mass is 35.5. The van der Waals surface area contributed by atoms with Crippen LogP contribution >= 0.6 is 11.6 Å². The van der Waals surface area contributed by atoms with Gasteiger partial charge in [-0.1, -0.05) is 29.8 Å². The number of halogens is 1. The standard InChI is InChI=1S/C14H16ClN3/c15-14-4-2-1-3-12(14)10-18-9-11(8-17-18)7-16-13-5-6-13/h1-4,8-9,13,16H,5-7,10H2. The molecule has 94 valence electrons. The second-order valence-corrected chi connectivity index (χ2v) is 5.20. The van der Waals surface area contributed by atoms with Crippen LogP contribution in [-0.2, 0) is 13.1 Å². The Labute approximate surface area is 112 Å². The second kappa shape index (κ2) is 5.12. The molecule has 1 aliphatic rings. The van der Waals surface area contributed by atoms with E-state index in [0.717, 1.165) is 29.7 Å². The highest BCUT2D eigenvalue weighted by Crippen LogP contribution is 2.19. The third-order valence-electron chi connectivity index (χ3n) is 3.15. The molecule has 2 aromatic rings. The van der Waals surface area contributed by atoms with E-state index in [4.69, 9.17) is 11.6 Å². The Hall–Kier alpha value is -1.32. The smallest absolute Gasteiger partial charge is 0.0674 e. The Kier molecular flexibility index (Phi) is 3.35. The predicted molar refractivity (Wildman–Crippen MR) is 72.6 cm³/mol. The lowest BCUT2D eigenvalue weighted by Crippen LogP contribution is -2.14. The zero-order valence-corrected chi connectivity index (χ0v) is 10.9. The Bertz CT molecular complexity index is 531. The molecule has 0 saturated heterocycles. The van der Waals surface area contributed by atoms with Crippen molar-refractivity contribution >= 4 is 11.6 Å². The number of aromatic nitrogens is 2. The number of nitrogens with one attached hydrogen (secondary N) is 1. The molecule has 1 aromatic carbocycles. The van der Waals surface area contributed by atoms with Gasteiger partial charge in [0.1, 0.15) is 0 Å². The number of hydrogen-bond acceptors (Lipinski definition) is 2. The highest BCUT2D eigenvalue weighted by Gasteiger charge is 2.20. The van der Waals surface area contributed by atoms with Crippen molar-refractivity contribution in [1.29, 1.82) is 0 Å². The van der Waals surface area contributed by atoms with Gasteiger partial charge in [-0.05, 0) is 24.5 Å². The summed E-state index contributed by atoms with van der Waals surface area (Å²) in [6, 6.07) is 8.62. The fourth-order valence-corrected chi connectivity index (χ4v) is 2.13. The van der Waals surface area contributed by atoms with Crippen molar-refractivity contribution < 1.29 is 0 Å². The Morgan fingerprint density at radius 3 is 2.94 bits per heavy atom. The first-order valence-corrected chi connectivity index (χ1v) is 6.67. The van der Waals surface area contributed by atoms with Crippen LogP contribution in [0.3, 0.4) is 0 Å². The summed E-state index contributed by atoms with van der Waals surface area (Å²) < 4.78 is 1.94. The third-order valence-corrected chi connectivity index (χ3v) is 3.52. The highest BCUT2D eigenvalue weighted by molar-refractivity contribution is 6.31. The molecule has 0 atom stereocenters. The minimum atomic E-state index is 0.725. The van der Waals surface area contributed by atoms with Crippen molar-refractivity contribution in [3.8, 4) is 0 Å². The summed E-state index contributed by atoms with van der Waals surface area (Å²) in [5.41, 5.74) is 2.33. The first-order valence-electron chi connectivity index (χ1n) is 6.29. The summed E-state index contributed by atoms with van der Waals surface area (Å²) in [5.74, 6) is 0. The van der Waals surface area contributed by atoms with Gasteiger partial charge in [0.15, 0.2) is 0 Å². The van der Waals surface area contributed by atoms with Crippen molar-refractivity contribution in [3.63, 3.8) is 0 Å². The van der Waals surface area contributed by atoms with E-state index in [9.17, 15) is 0 Å². The maximum atomic E-state index is 6.14.